The second-order valence-corrected chi connectivity index (χ2v) is 7.56. The van der Waals surface area contributed by atoms with Gasteiger partial charge in [0, 0.05) is 22.7 Å². The van der Waals surface area contributed by atoms with E-state index in [0.29, 0.717) is 22.6 Å². The molecule has 0 saturated carbocycles. The van der Waals surface area contributed by atoms with Crippen LogP contribution in [0.4, 0.5) is 4.39 Å². The van der Waals surface area contributed by atoms with Crippen molar-refractivity contribution in [1.29, 1.82) is 0 Å². The highest BCUT2D eigenvalue weighted by Crippen LogP contribution is 2.32. The number of pyridine rings is 1. The monoisotopic (exact) mass is 416 g/mol. The summed E-state index contributed by atoms with van der Waals surface area (Å²) in [5.41, 5.74) is 3.24. The Bertz CT molecular complexity index is 1280. The van der Waals surface area contributed by atoms with Crippen molar-refractivity contribution in [3.8, 4) is 11.4 Å². The molecule has 0 bridgehead atoms. The number of benzene rings is 2. The van der Waals surface area contributed by atoms with E-state index in [0.717, 1.165) is 35.9 Å². The lowest BCUT2D eigenvalue weighted by Gasteiger charge is -2.24. The van der Waals surface area contributed by atoms with Gasteiger partial charge in [0.2, 0.25) is 0 Å². The van der Waals surface area contributed by atoms with E-state index in [2.05, 4.69) is 15.4 Å². The lowest BCUT2D eigenvalue weighted by Crippen LogP contribution is -2.31. The largest absolute Gasteiger partial charge is 0.496 e. The van der Waals surface area contributed by atoms with Gasteiger partial charge in [-0.1, -0.05) is 24.3 Å². The van der Waals surface area contributed by atoms with E-state index in [-0.39, 0.29) is 17.8 Å². The number of halogens is 1. The van der Waals surface area contributed by atoms with Gasteiger partial charge in [-0.15, -0.1) is 0 Å². The molecular weight excluding hydrogens is 395 g/mol. The van der Waals surface area contributed by atoms with Crippen LogP contribution in [0.2, 0.25) is 0 Å². The Kier molecular flexibility index (Phi) is 4.86. The Morgan fingerprint density at radius 1 is 1.19 bits per heavy atom. The first-order valence-electron chi connectivity index (χ1n) is 10.2. The van der Waals surface area contributed by atoms with Gasteiger partial charge in [0.25, 0.3) is 5.91 Å². The van der Waals surface area contributed by atoms with Crippen molar-refractivity contribution in [1.82, 2.24) is 20.1 Å². The molecule has 1 aliphatic rings. The number of rotatable bonds is 4. The third-order valence-corrected chi connectivity index (χ3v) is 5.70. The molecule has 0 saturated heterocycles. The van der Waals surface area contributed by atoms with Gasteiger partial charge in [0.15, 0.2) is 0 Å². The summed E-state index contributed by atoms with van der Waals surface area (Å²) in [6.45, 7) is 0. The molecule has 0 unspecified atom stereocenters. The van der Waals surface area contributed by atoms with Crippen molar-refractivity contribution in [3.63, 3.8) is 0 Å². The number of nitrogens with one attached hydrogen (secondary N) is 1. The number of nitrogens with zero attached hydrogens (tertiary/aromatic N) is 3. The van der Waals surface area contributed by atoms with E-state index >= 15 is 0 Å². The predicted molar refractivity (Wildman–Crippen MR) is 115 cm³/mol. The van der Waals surface area contributed by atoms with Crippen LogP contribution in [0.15, 0.2) is 60.8 Å². The van der Waals surface area contributed by atoms with Gasteiger partial charge >= 0.3 is 0 Å². The van der Waals surface area contributed by atoms with Crippen LogP contribution in [-0.2, 0) is 6.42 Å². The van der Waals surface area contributed by atoms with Crippen LogP contribution >= 0.6 is 0 Å². The number of carbonyl (C=O) groups is 1. The van der Waals surface area contributed by atoms with E-state index in [1.54, 1.807) is 42.3 Å². The second kappa shape index (κ2) is 7.83. The Hall–Kier alpha value is -3.74. The summed E-state index contributed by atoms with van der Waals surface area (Å²) in [6, 6.07) is 15.6. The van der Waals surface area contributed by atoms with Gasteiger partial charge in [-0.2, -0.15) is 5.10 Å². The summed E-state index contributed by atoms with van der Waals surface area (Å²) in [6.07, 6.45) is 4.15. The maximum absolute atomic E-state index is 14.3. The molecular formula is C24H21FN4O2. The first-order chi connectivity index (χ1) is 15.2. The summed E-state index contributed by atoms with van der Waals surface area (Å²) in [7, 11) is 1.58. The molecule has 0 fully saturated rings. The van der Waals surface area contributed by atoms with Crippen LogP contribution in [0.25, 0.3) is 16.6 Å². The minimum absolute atomic E-state index is 0.212. The third-order valence-electron chi connectivity index (χ3n) is 5.70. The maximum atomic E-state index is 14.3. The number of methoxy groups -OCH3 is 1. The lowest BCUT2D eigenvalue weighted by atomic mass is 9.92. The molecule has 156 valence electrons. The SMILES string of the molecule is COc1cc(C(=O)N[C@@H]2CCCc3c2cnn3-c2ccccc2F)nc2ccccc12. The van der Waals surface area contributed by atoms with Crippen molar-refractivity contribution in [2.24, 2.45) is 0 Å². The fourth-order valence-corrected chi connectivity index (χ4v) is 4.20. The van der Waals surface area contributed by atoms with Gasteiger partial charge in [-0.3, -0.25) is 4.79 Å². The molecule has 31 heavy (non-hydrogen) atoms. The Morgan fingerprint density at radius 3 is 2.84 bits per heavy atom. The summed E-state index contributed by atoms with van der Waals surface area (Å²) < 4.78 is 21.4. The normalized spacial score (nSPS) is 15.5. The summed E-state index contributed by atoms with van der Waals surface area (Å²) in [5.74, 6) is 0.0000167. The first-order valence-corrected chi connectivity index (χ1v) is 10.2. The molecule has 1 atom stereocenters. The Balaban J connectivity index is 1.46. The van der Waals surface area contributed by atoms with Crippen LogP contribution in [0.5, 0.6) is 5.75 Å². The molecule has 0 spiro atoms. The molecule has 0 aliphatic heterocycles. The van der Waals surface area contributed by atoms with Gasteiger partial charge in [-0.05, 0) is 43.5 Å². The zero-order valence-corrected chi connectivity index (χ0v) is 17.0. The highest BCUT2D eigenvalue weighted by Gasteiger charge is 2.27. The minimum Gasteiger partial charge on any atom is -0.496 e. The van der Waals surface area contributed by atoms with Gasteiger partial charge in [0.1, 0.15) is 22.9 Å². The lowest BCUT2D eigenvalue weighted by molar-refractivity contribution is 0.0927. The van der Waals surface area contributed by atoms with Crippen molar-refractivity contribution < 1.29 is 13.9 Å². The average Bonchev–Trinajstić information content (AvgIpc) is 3.23. The number of fused-ring (bicyclic) bond motifs is 2. The van der Waals surface area contributed by atoms with Crippen LogP contribution in [0.1, 0.15) is 40.6 Å². The fourth-order valence-electron chi connectivity index (χ4n) is 4.20. The number of amides is 1. The molecule has 1 aliphatic carbocycles. The molecule has 1 amide bonds. The van der Waals surface area contributed by atoms with Gasteiger partial charge < -0.3 is 10.1 Å². The molecule has 6 nitrogen and oxygen atoms in total. The topological polar surface area (TPSA) is 69.0 Å². The molecule has 1 N–H and O–H groups in total. The number of ether oxygens (including phenoxy) is 1. The number of aromatic nitrogens is 3. The van der Waals surface area contributed by atoms with E-state index in [4.69, 9.17) is 4.74 Å². The highest BCUT2D eigenvalue weighted by atomic mass is 19.1. The standard InChI is InChI=1S/C24H21FN4O2/c1-31-23-13-20(27-18-9-4-2-7-15(18)23)24(30)28-19-10-6-12-21-16(19)14-26-29(21)22-11-5-3-8-17(22)25/h2-5,7-9,11,13-14,19H,6,10,12H2,1H3,(H,28,30)/t19-/m1/s1. The smallest absolute Gasteiger partial charge is 0.270 e. The number of hydrogen-bond acceptors (Lipinski definition) is 4. The molecule has 5 rings (SSSR count). The molecule has 4 aromatic rings. The zero-order valence-electron chi connectivity index (χ0n) is 17.0. The summed E-state index contributed by atoms with van der Waals surface area (Å²) >= 11 is 0. The van der Waals surface area contributed by atoms with Crippen molar-refractivity contribution in [2.75, 3.05) is 7.11 Å². The Morgan fingerprint density at radius 2 is 2.00 bits per heavy atom. The highest BCUT2D eigenvalue weighted by molar-refractivity contribution is 5.97. The first kappa shape index (κ1) is 19.2. The van der Waals surface area contributed by atoms with Crippen molar-refractivity contribution in [3.05, 3.63) is 83.6 Å². The number of carbonyl (C=O) groups excluding carboxylic acids is 1. The van der Waals surface area contributed by atoms with Crippen LogP contribution in [-0.4, -0.2) is 27.8 Å². The Labute approximate surface area is 178 Å². The molecule has 2 aromatic carbocycles. The van der Waals surface area contributed by atoms with Crippen LogP contribution in [0, 0.1) is 5.82 Å². The van der Waals surface area contributed by atoms with Gasteiger partial charge in [-0.25, -0.2) is 14.1 Å². The van der Waals surface area contributed by atoms with E-state index in [1.807, 2.05) is 24.3 Å². The average molecular weight is 416 g/mol. The molecule has 7 heteroatoms. The van der Waals surface area contributed by atoms with Crippen molar-refractivity contribution in [2.45, 2.75) is 25.3 Å². The van der Waals surface area contributed by atoms with E-state index in [9.17, 15) is 9.18 Å². The maximum Gasteiger partial charge on any atom is 0.270 e. The number of para-hydroxylation sites is 2. The quantitative estimate of drug-likeness (QED) is 0.536. The fraction of sp³-hybridized carbons (Fsp3) is 0.208. The third kappa shape index (κ3) is 3.42. The molecule has 0 radical (unpaired) electrons. The van der Waals surface area contributed by atoms with Crippen LogP contribution < -0.4 is 10.1 Å². The zero-order chi connectivity index (χ0) is 21.4. The molecule has 2 aromatic heterocycles. The molecule has 2 heterocycles. The second-order valence-electron chi connectivity index (χ2n) is 7.56. The van der Waals surface area contributed by atoms with Gasteiger partial charge in [0.05, 0.1) is 24.9 Å². The predicted octanol–water partition coefficient (Wildman–Crippen LogP) is 4.38. The van der Waals surface area contributed by atoms with Crippen molar-refractivity contribution >= 4 is 16.8 Å². The van der Waals surface area contributed by atoms with Crippen LogP contribution in [0.3, 0.4) is 0 Å². The minimum atomic E-state index is -0.327. The van der Waals surface area contributed by atoms with E-state index < -0.39 is 0 Å². The number of hydrogen-bond donors (Lipinski definition) is 1. The summed E-state index contributed by atoms with van der Waals surface area (Å²) in [5, 5.41) is 8.35. The summed E-state index contributed by atoms with van der Waals surface area (Å²) in [4.78, 5) is 17.6. The van der Waals surface area contributed by atoms with E-state index in [1.165, 1.54) is 6.07 Å².